The molecule has 1 heterocycles. The van der Waals surface area contributed by atoms with E-state index in [1.807, 2.05) is 26.0 Å². The van der Waals surface area contributed by atoms with Crippen LogP contribution in [0.2, 0.25) is 0 Å². The third-order valence-electron chi connectivity index (χ3n) is 1.81. The molecule has 0 radical (unpaired) electrons. The zero-order valence-corrected chi connectivity index (χ0v) is 8.32. The number of pyridine rings is 1. The maximum absolute atomic E-state index is 11.3. The highest BCUT2D eigenvalue weighted by Crippen LogP contribution is 1.95. The molecule has 0 atom stereocenters. The first-order chi connectivity index (χ1) is 6.63. The summed E-state index contributed by atoms with van der Waals surface area (Å²) < 4.78 is 1.52. The summed E-state index contributed by atoms with van der Waals surface area (Å²) in [4.78, 5) is 11.3. The van der Waals surface area contributed by atoms with Gasteiger partial charge in [-0.2, -0.15) is 5.26 Å². The van der Waals surface area contributed by atoms with Crippen LogP contribution >= 0.6 is 0 Å². The van der Waals surface area contributed by atoms with E-state index in [2.05, 4.69) is 0 Å². The van der Waals surface area contributed by atoms with Gasteiger partial charge in [0.1, 0.15) is 6.07 Å². The molecule has 0 spiro atoms. The Labute approximate surface area is 82.9 Å². The fourth-order valence-electron chi connectivity index (χ4n) is 1.02. The van der Waals surface area contributed by atoms with Crippen molar-refractivity contribution >= 4 is 0 Å². The average Bonchev–Trinajstić information content (AvgIpc) is 2.16. The van der Waals surface area contributed by atoms with Gasteiger partial charge >= 0.3 is 0 Å². The van der Waals surface area contributed by atoms with E-state index in [0.717, 1.165) is 5.57 Å². The maximum atomic E-state index is 11.3. The van der Waals surface area contributed by atoms with E-state index >= 15 is 0 Å². The van der Waals surface area contributed by atoms with E-state index in [-0.39, 0.29) is 5.56 Å². The van der Waals surface area contributed by atoms with Crippen LogP contribution in [0.4, 0.5) is 0 Å². The summed E-state index contributed by atoms with van der Waals surface area (Å²) in [5.74, 6) is 0. The lowest BCUT2D eigenvalue weighted by Gasteiger charge is -2.01. The minimum atomic E-state index is -0.0819. The lowest BCUT2D eigenvalue weighted by molar-refractivity contribution is 0.772. The third kappa shape index (κ3) is 2.60. The topological polar surface area (TPSA) is 45.8 Å². The maximum Gasteiger partial charge on any atom is 0.250 e. The molecule has 1 aromatic rings. The lowest BCUT2D eigenvalue weighted by Crippen LogP contribution is -2.17. The highest BCUT2D eigenvalue weighted by molar-refractivity contribution is 5.24. The summed E-state index contributed by atoms with van der Waals surface area (Å²) in [7, 11) is 0. The standard InChI is InChI=1S/C11H12N2O/c1-9(2)5-6-13-8-10(7-12)3-4-11(13)14/h3-5,8H,6H2,1-2H3. The first-order valence-electron chi connectivity index (χ1n) is 4.37. The van der Waals surface area contributed by atoms with E-state index in [4.69, 9.17) is 5.26 Å². The Balaban J connectivity index is 3.03. The van der Waals surface area contributed by atoms with Crippen LogP contribution in [0.25, 0.3) is 0 Å². The van der Waals surface area contributed by atoms with Crippen molar-refractivity contribution in [2.24, 2.45) is 0 Å². The second kappa shape index (κ2) is 4.43. The van der Waals surface area contributed by atoms with Crippen LogP contribution in [0.5, 0.6) is 0 Å². The minimum absolute atomic E-state index is 0.0819. The Kier molecular flexibility index (Phi) is 3.24. The van der Waals surface area contributed by atoms with Crippen LogP contribution in [0.1, 0.15) is 19.4 Å². The quantitative estimate of drug-likeness (QED) is 0.663. The predicted octanol–water partition coefficient (Wildman–Crippen LogP) is 1.69. The number of hydrogen-bond donors (Lipinski definition) is 0. The number of rotatable bonds is 2. The zero-order valence-electron chi connectivity index (χ0n) is 8.32. The van der Waals surface area contributed by atoms with Gasteiger partial charge in [-0.05, 0) is 19.9 Å². The number of nitriles is 1. The minimum Gasteiger partial charge on any atom is -0.310 e. The molecule has 0 N–H and O–H groups in total. The largest absolute Gasteiger partial charge is 0.310 e. The smallest absolute Gasteiger partial charge is 0.250 e. The molecule has 1 aromatic heterocycles. The van der Waals surface area contributed by atoms with Gasteiger partial charge in [-0.15, -0.1) is 0 Å². The molecule has 0 aliphatic heterocycles. The lowest BCUT2D eigenvalue weighted by atomic mass is 10.3. The molecule has 3 nitrogen and oxygen atoms in total. The molecule has 0 fully saturated rings. The molecule has 0 bridgehead atoms. The van der Waals surface area contributed by atoms with Crippen molar-refractivity contribution in [2.45, 2.75) is 20.4 Å². The molecule has 0 aliphatic carbocycles. The van der Waals surface area contributed by atoms with E-state index in [9.17, 15) is 4.79 Å². The monoisotopic (exact) mass is 188 g/mol. The second-order valence-electron chi connectivity index (χ2n) is 3.30. The van der Waals surface area contributed by atoms with Crippen LogP contribution in [0.15, 0.2) is 34.8 Å². The van der Waals surface area contributed by atoms with Crippen molar-refractivity contribution in [3.05, 3.63) is 45.9 Å². The van der Waals surface area contributed by atoms with Crippen LogP contribution < -0.4 is 5.56 Å². The van der Waals surface area contributed by atoms with Gasteiger partial charge in [-0.25, -0.2) is 0 Å². The van der Waals surface area contributed by atoms with E-state index < -0.39 is 0 Å². The normalized spacial score (nSPS) is 9.21. The number of hydrogen-bond acceptors (Lipinski definition) is 2. The summed E-state index contributed by atoms with van der Waals surface area (Å²) >= 11 is 0. The number of allylic oxidation sites excluding steroid dienone is 2. The fourth-order valence-corrected chi connectivity index (χ4v) is 1.02. The molecular formula is C11H12N2O. The number of aromatic nitrogens is 1. The Morgan fingerprint density at radius 1 is 1.57 bits per heavy atom. The molecule has 14 heavy (non-hydrogen) atoms. The molecule has 0 unspecified atom stereocenters. The van der Waals surface area contributed by atoms with Gasteiger partial charge in [0.15, 0.2) is 0 Å². The van der Waals surface area contributed by atoms with Gasteiger partial charge in [0.25, 0.3) is 5.56 Å². The third-order valence-corrected chi connectivity index (χ3v) is 1.81. The second-order valence-corrected chi connectivity index (χ2v) is 3.30. The van der Waals surface area contributed by atoms with E-state index in [1.165, 1.54) is 16.7 Å². The summed E-state index contributed by atoms with van der Waals surface area (Å²) in [6.45, 7) is 4.47. The van der Waals surface area contributed by atoms with Crippen molar-refractivity contribution in [3.8, 4) is 6.07 Å². The van der Waals surface area contributed by atoms with Crippen molar-refractivity contribution in [1.82, 2.24) is 4.57 Å². The van der Waals surface area contributed by atoms with Crippen LogP contribution in [0.3, 0.4) is 0 Å². The zero-order chi connectivity index (χ0) is 10.6. The Morgan fingerprint density at radius 3 is 2.86 bits per heavy atom. The SMILES string of the molecule is CC(C)=CCn1cc(C#N)ccc1=O. The number of nitrogens with zero attached hydrogens (tertiary/aromatic N) is 2. The van der Waals surface area contributed by atoms with Gasteiger partial charge < -0.3 is 4.57 Å². The first kappa shape index (κ1) is 10.3. The Morgan fingerprint density at radius 2 is 2.29 bits per heavy atom. The summed E-state index contributed by atoms with van der Waals surface area (Å²) in [6, 6.07) is 4.94. The van der Waals surface area contributed by atoms with Crippen molar-refractivity contribution in [2.75, 3.05) is 0 Å². The van der Waals surface area contributed by atoms with Gasteiger partial charge in [0.05, 0.1) is 5.56 Å². The van der Waals surface area contributed by atoms with Gasteiger partial charge in [0, 0.05) is 18.8 Å². The molecule has 72 valence electrons. The summed E-state index contributed by atoms with van der Waals surface area (Å²) in [6.07, 6.45) is 3.52. The van der Waals surface area contributed by atoms with Crippen molar-refractivity contribution in [1.29, 1.82) is 5.26 Å². The molecule has 0 amide bonds. The van der Waals surface area contributed by atoms with Crippen molar-refractivity contribution < 1.29 is 0 Å². The Bertz CT molecular complexity index is 445. The molecule has 1 rings (SSSR count). The van der Waals surface area contributed by atoms with Gasteiger partial charge in [-0.3, -0.25) is 4.79 Å². The van der Waals surface area contributed by atoms with Gasteiger partial charge in [0.2, 0.25) is 0 Å². The van der Waals surface area contributed by atoms with E-state index in [1.54, 1.807) is 6.20 Å². The predicted molar refractivity (Wildman–Crippen MR) is 54.8 cm³/mol. The molecule has 0 saturated carbocycles. The van der Waals surface area contributed by atoms with Crippen LogP contribution in [0, 0.1) is 11.3 Å². The fraction of sp³-hybridized carbons (Fsp3) is 0.273. The van der Waals surface area contributed by atoms with Crippen LogP contribution in [-0.2, 0) is 6.54 Å². The Hall–Kier alpha value is -1.82. The first-order valence-corrected chi connectivity index (χ1v) is 4.37. The summed E-state index contributed by atoms with van der Waals surface area (Å²) in [5.41, 5.74) is 1.58. The summed E-state index contributed by atoms with van der Waals surface area (Å²) in [5, 5.41) is 8.65. The highest BCUT2D eigenvalue weighted by atomic mass is 16.1. The molecule has 0 saturated heterocycles. The molecule has 0 aliphatic rings. The average molecular weight is 188 g/mol. The molecule has 0 aromatic carbocycles. The highest BCUT2D eigenvalue weighted by Gasteiger charge is 1.95. The molecular weight excluding hydrogens is 176 g/mol. The van der Waals surface area contributed by atoms with E-state index in [0.29, 0.717) is 12.1 Å². The van der Waals surface area contributed by atoms with Crippen LogP contribution in [-0.4, -0.2) is 4.57 Å². The van der Waals surface area contributed by atoms with Crippen molar-refractivity contribution in [3.63, 3.8) is 0 Å². The molecule has 3 heteroatoms. The van der Waals surface area contributed by atoms with Gasteiger partial charge in [-0.1, -0.05) is 11.6 Å².